The molecule has 0 atom stereocenters. The molecule has 0 aliphatic carbocycles. The molecule has 0 fully saturated rings. The molecule has 2 aromatic rings. The second-order valence-corrected chi connectivity index (χ2v) is 6.63. The smallest absolute Gasteiger partial charge is 0.234 e. The number of ether oxygens (including phenoxy) is 2. The van der Waals surface area contributed by atoms with E-state index in [0.717, 1.165) is 17.1 Å². The van der Waals surface area contributed by atoms with Gasteiger partial charge in [0.15, 0.2) is 0 Å². The Morgan fingerprint density at radius 1 is 1.07 bits per heavy atom. The maximum Gasteiger partial charge on any atom is 0.234 e. The van der Waals surface area contributed by atoms with Crippen LogP contribution in [0.5, 0.6) is 11.5 Å². The van der Waals surface area contributed by atoms with Gasteiger partial charge in [-0.05, 0) is 53.8 Å². The molecule has 2 aromatic carbocycles. The standard InChI is InChI=1S/C22H26N2O3/c1-16(2)21-9-8-20(14-17(21)3)27-13-12-26-19-6-4-18(5-7-19)15-24-22(25)10-11-23/h4-9,14,16H,10,12-13,15H2,1-3H3,(H,24,25). The van der Waals surface area contributed by atoms with Gasteiger partial charge in [-0.3, -0.25) is 4.79 Å². The number of nitrogens with one attached hydrogen (secondary N) is 1. The van der Waals surface area contributed by atoms with E-state index in [1.807, 2.05) is 36.4 Å². The summed E-state index contributed by atoms with van der Waals surface area (Å²) in [4.78, 5) is 11.3. The molecule has 5 nitrogen and oxygen atoms in total. The maximum atomic E-state index is 11.3. The van der Waals surface area contributed by atoms with E-state index in [1.165, 1.54) is 11.1 Å². The van der Waals surface area contributed by atoms with Crippen molar-refractivity contribution in [3.05, 3.63) is 59.2 Å². The number of carbonyl (C=O) groups excluding carboxylic acids is 1. The van der Waals surface area contributed by atoms with Gasteiger partial charge in [-0.1, -0.05) is 32.0 Å². The molecule has 0 saturated heterocycles. The van der Waals surface area contributed by atoms with Crippen LogP contribution in [0.1, 0.15) is 42.9 Å². The number of aryl methyl sites for hydroxylation is 1. The molecular formula is C22H26N2O3. The number of amides is 1. The number of hydrogen-bond acceptors (Lipinski definition) is 4. The van der Waals surface area contributed by atoms with Gasteiger partial charge in [-0.25, -0.2) is 0 Å². The van der Waals surface area contributed by atoms with Crippen molar-refractivity contribution in [1.82, 2.24) is 5.32 Å². The van der Waals surface area contributed by atoms with Gasteiger partial charge in [0.1, 0.15) is 31.1 Å². The van der Waals surface area contributed by atoms with Crippen molar-refractivity contribution in [2.45, 2.75) is 39.7 Å². The number of rotatable bonds is 9. The van der Waals surface area contributed by atoms with Crippen LogP contribution >= 0.6 is 0 Å². The van der Waals surface area contributed by atoms with E-state index >= 15 is 0 Å². The predicted molar refractivity (Wildman–Crippen MR) is 105 cm³/mol. The van der Waals surface area contributed by atoms with E-state index in [0.29, 0.717) is 25.7 Å². The monoisotopic (exact) mass is 366 g/mol. The van der Waals surface area contributed by atoms with Crippen molar-refractivity contribution >= 4 is 5.91 Å². The van der Waals surface area contributed by atoms with Gasteiger partial charge in [0.25, 0.3) is 0 Å². The lowest BCUT2D eigenvalue weighted by Crippen LogP contribution is -2.21. The zero-order valence-electron chi connectivity index (χ0n) is 16.1. The van der Waals surface area contributed by atoms with E-state index < -0.39 is 0 Å². The summed E-state index contributed by atoms with van der Waals surface area (Å²) in [6.07, 6.45) is -0.124. The van der Waals surface area contributed by atoms with Crippen molar-refractivity contribution in [1.29, 1.82) is 5.26 Å². The Bertz CT molecular complexity index is 792. The lowest BCUT2D eigenvalue weighted by atomic mass is 9.98. The molecule has 0 unspecified atom stereocenters. The van der Waals surface area contributed by atoms with Crippen molar-refractivity contribution in [3.8, 4) is 17.6 Å². The highest BCUT2D eigenvalue weighted by Crippen LogP contribution is 2.23. The highest BCUT2D eigenvalue weighted by Gasteiger charge is 2.05. The van der Waals surface area contributed by atoms with E-state index in [-0.39, 0.29) is 12.3 Å². The molecule has 27 heavy (non-hydrogen) atoms. The maximum absolute atomic E-state index is 11.3. The van der Waals surface area contributed by atoms with Crippen LogP contribution < -0.4 is 14.8 Å². The lowest BCUT2D eigenvalue weighted by Gasteiger charge is -2.13. The van der Waals surface area contributed by atoms with Crippen LogP contribution in [-0.4, -0.2) is 19.1 Å². The van der Waals surface area contributed by atoms with Crippen molar-refractivity contribution in [3.63, 3.8) is 0 Å². The molecule has 5 heteroatoms. The van der Waals surface area contributed by atoms with Gasteiger partial charge in [0.2, 0.25) is 5.91 Å². The number of carbonyl (C=O) groups is 1. The van der Waals surface area contributed by atoms with Gasteiger partial charge in [-0.15, -0.1) is 0 Å². The molecule has 0 saturated carbocycles. The van der Waals surface area contributed by atoms with Crippen LogP contribution in [0.2, 0.25) is 0 Å². The van der Waals surface area contributed by atoms with Crippen LogP contribution in [-0.2, 0) is 11.3 Å². The topological polar surface area (TPSA) is 71.3 Å². The fraction of sp³-hybridized carbons (Fsp3) is 0.364. The number of nitrogens with zero attached hydrogens (tertiary/aromatic N) is 1. The fourth-order valence-corrected chi connectivity index (χ4v) is 2.74. The van der Waals surface area contributed by atoms with E-state index in [4.69, 9.17) is 14.7 Å². The average Bonchev–Trinajstić information content (AvgIpc) is 2.64. The molecule has 0 radical (unpaired) electrons. The zero-order chi connectivity index (χ0) is 19.6. The first kappa shape index (κ1) is 20.3. The predicted octanol–water partition coefficient (Wildman–Crippen LogP) is 4.11. The van der Waals surface area contributed by atoms with Crippen LogP contribution in [0.4, 0.5) is 0 Å². The molecule has 1 amide bonds. The second kappa shape index (κ2) is 10.2. The minimum atomic E-state index is -0.272. The minimum absolute atomic E-state index is 0.124. The molecule has 0 bridgehead atoms. The highest BCUT2D eigenvalue weighted by molar-refractivity contribution is 5.77. The third kappa shape index (κ3) is 6.67. The average molecular weight is 366 g/mol. The summed E-state index contributed by atoms with van der Waals surface area (Å²) in [5, 5.41) is 11.1. The summed E-state index contributed by atoms with van der Waals surface area (Å²) in [7, 11) is 0. The van der Waals surface area contributed by atoms with Crippen molar-refractivity contribution in [2.75, 3.05) is 13.2 Å². The summed E-state index contributed by atoms with van der Waals surface area (Å²) in [6, 6.07) is 15.5. The highest BCUT2D eigenvalue weighted by atomic mass is 16.5. The Hall–Kier alpha value is -3.00. The first-order valence-electron chi connectivity index (χ1n) is 9.08. The van der Waals surface area contributed by atoms with Gasteiger partial charge in [0.05, 0.1) is 6.07 Å². The quantitative estimate of drug-likeness (QED) is 0.678. The first-order chi connectivity index (χ1) is 13.0. The lowest BCUT2D eigenvalue weighted by molar-refractivity contribution is -0.120. The Labute approximate surface area is 160 Å². The third-order valence-corrected chi connectivity index (χ3v) is 4.14. The van der Waals surface area contributed by atoms with E-state index in [9.17, 15) is 4.79 Å². The van der Waals surface area contributed by atoms with Crippen LogP contribution in [0, 0.1) is 18.3 Å². The SMILES string of the molecule is Cc1cc(OCCOc2ccc(CNC(=O)CC#N)cc2)ccc1C(C)C. The number of nitriles is 1. The molecule has 1 N–H and O–H groups in total. The third-order valence-electron chi connectivity index (χ3n) is 4.14. The van der Waals surface area contributed by atoms with Crippen LogP contribution in [0.15, 0.2) is 42.5 Å². The molecule has 2 rings (SSSR count). The van der Waals surface area contributed by atoms with E-state index in [2.05, 4.69) is 38.2 Å². The Balaban J connectivity index is 1.73. The molecular weight excluding hydrogens is 340 g/mol. The fourth-order valence-electron chi connectivity index (χ4n) is 2.74. The van der Waals surface area contributed by atoms with Crippen LogP contribution in [0.25, 0.3) is 0 Å². The summed E-state index contributed by atoms with van der Waals surface area (Å²) < 4.78 is 11.4. The molecule has 0 aliphatic heterocycles. The summed E-state index contributed by atoms with van der Waals surface area (Å²) in [5.74, 6) is 1.83. The molecule has 0 aliphatic rings. The summed E-state index contributed by atoms with van der Waals surface area (Å²) in [6.45, 7) is 7.78. The summed E-state index contributed by atoms with van der Waals surface area (Å²) >= 11 is 0. The van der Waals surface area contributed by atoms with Crippen molar-refractivity contribution < 1.29 is 14.3 Å². The minimum Gasteiger partial charge on any atom is -0.490 e. The van der Waals surface area contributed by atoms with E-state index in [1.54, 1.807) is 0 Å². The molecule has 0 spiro atoms. The van der Waals surface area contributed by atoms with Crippen LogP contribution in [0.3, 0.4) is 0 Å². The second-order valence-electron chi connectivity index (χ2n) is 6.63. The van der Waals surface area contributed by atoms with Gasteiger partial charge >= 0.3 is 0 Å². The Morgan fingerprint density at radius 3 is 2.30 bits per heavy atom. The van der Waals surface area contributed by atoms with Crippen molar-refractivity contribution in [2.24, 2.45) is 0 Å². The molecule has 142 valence electrons. The molecule has 0 aromatic heterocycles. The zero-order valence-corrected chi connectivity index (χ0v) is 16.1. The summed E-state index contributed by atoms with van der Waals surface area (Å²) in [5.41, 5.74) is 3.52. The number of hydrogen-bond donors (Lipinski definition) is 1. The Kier molecular flexibility index (Phi) is 7.69. The Morgan fingerprint density at radius 2 is 1.70 bits per heavy atom. The van der Waals surface area contributed by atoms with Gasteiger partial charge in [0, 0.05) is 6.54 Å². The largest absolute Gasteiger partial charge is 0.490 e. The van der Waals surface area contributed by atoms with Gasteiger partial charge in [-0.2, -0.15) is 5.26 Å². The van der Waals surface area contributed by atoms with Gasteiger partial charge < -0.3 is 14.8 Å². The normalized spacial score (nSPS) is 10.3. The first-order valence-corrected chi connectivity index (χ1v) is 9.08. The molecule has 0 heterocycles. The number of benzene rings is 2.